The van der Waals surface area contributed by atoms with Crippen molar-refractivity contribution in [3.05, 3.63) is 85.1 Å². The average molecular weight is 340 g/mol. The van der Waals surface area contributed by atoms with Crippen molar-refractivity contribution in [3.8, 4) is 11.3 Å². The van der Waals surface area contributed by atoms with E-state index in [0.29, 0.717) is 0 Å². The van der Waals surface area contributed by atoms with Crippen LogP contribution in [-0.4, -0.2) is 9.13 Å². The topological polar surface area (TPSA) is 9.86 Å². The van der Waals surface area contributed by atoms with E-state index >= 15 is 0 Å². The second-order valence-corrected chi connectivity index (χ2v) is 6.89. The van der Waals surface area contributed by atoms with Crippen molar-refractivity contribution in [2.45, 2.75) is 26.9 Å². The maximum atomic E-state index is 3.97. The Hall–Kier alpha value is -3.00. The molecule has 130 valence electrons. The van der Waals surface area contributed by atoms with Crippen molar-refractivity contribution in [1.29, 1.82) is 0 Å². The summed E-state index contributed by atoms with van der Waals surface area (Å²) >= 11 is 0. The lowest BCUT2D eigenvalue weighted by Gasteiger charge is -2.08. The van der Waals surface area contributed by atoms with Gasteiger partial charge in [0.25, 0.3) is 0 Å². The third-order valence-corrected chi connectivity index (χ3v) is 5.19. The minimum atomic E-state index is 0.794. The SMILES string of the molecule is C=CCn1cc(-c2cc3c(C)cccc3n2CC=C)c2c(C)cccc21. The van der Waals surface area contributed by atoms with E-state index in [4.69, 9.17) is 0 Å². The van der Waals surface area contributed by atoms with Gasteiger partial charge < -0.3 is 9.13 Å². The normalized spacial score (nSPS) is 11.3. The standard InChI is InChI=1S/C24H24N2/c1-5-13-25-16-20(24-18(4)10-8-12-22(24)25)23-15-19-17(3)9-7-11-21(19)26(23)14-6-2/h5-12,15-16H,1-2,13-14H2,3-4H3. The maximum Gasteiger partial charge on any atom is 0.0516 e. The average Bonchev–Trinajstić information content (AvgIpc) is 3.17. The number of benzene rings is 2. The molecule has 4 rings (SSSR count). The van der Waals surface area contributed by atoms with Gasteiger partial charge in [-0.05, 0) is 43.2 Å². The van der Waals surface area contributed by atoms with Crippen molar-refractivity contribution >= 4 is 21.8 Å². The highest BCUT2D eigenvalue weighted by molar-refractivity contribution is 6.01. The fraction of sp³-hybridized carbons (Fsp3) is 0.167. The van der Waals surface area contributed by atoms with Gasteiger partial charge in [-0.3, -0.25) is 0 Å². The minimum absolute atomic E-state index is 0.794. The van der Waals surface area contributed by atoms with E-state index < -0.39 is 0 Å². The Bertz CT molecular complexity index is 1140. The summed E-state index contributed by atoms with van der Waals surface area (Å²) in [5.41, 5.74) is 7.64. The van der Waals surface area contributed by atoms with Gasteiger partial charge in [0.05, 0.1) is 5.69 Å². The Balaban J connectivity index is 2.10. The molecule has 0 aliphatic heterocycles. The molecule has 2 heteroatoms. The summed E-state index contributed by atoms with van der Waals surface area (Å²) in [5, 5.41) is 2.63. The van der Waals surface area contributed by atoms with Gasteiger partial charge in [-0.15, -0.1) is 13.2 Å². The minimum Gasteiger partial charge on any atom is -0.343 e. The molecule has 2 heterocycles. The molecule has 0 saturated carbocycles. The van der Waals surface area contributed by atoms with Gasteiger partial charge in [0.2, 0.25) is 0 Å². The Morgan fingerprint density at radius 1 is 0.885 bits per heavy atom. The number of hydrogen-bond acceptors (Lipinski definition) is 0. The summed E-state index contributed by atoms with van der Waals surface area (Å²) in [4.78, 5) is 0. The van der Waals surface area contributed by atoms with E-state index in [2.05, 4.69) is 84.8 Å². The lowest BCUT2D eigenvalue weighted by molar-refractivity contribution is 0.856. The highest BCUT2D eigenvalue weighted by atomic mass is 15.0. The first kappa shape index (κ1) is 16.5. The summed E-state index contributed by atoms with van der Waals surface area (Å²) in [6, 6.07) is 15.4. The van der Waals surface area contributed by atoms with Crippen molar-refractivity contribution in [2.24, 2.45) is 0 Å². The third kappa shape index (κ3) is 2.41. The number of hydrogen-bond donors (Lipinski definition) is 0. The van der Waals surface area contributed by atoms with Gasteiger partial charge >= 0.3 is 0 Å². The molecule has 0 aliphatic rings. The molecule has 0 saturated heterocycles. The Morgan fingerprint density at radius 3 is 2.31 bits per heavy atom. The molecule has 0 fully saturated rings. The molecule has 0 aliphatic carbocycles. The molecule has 0 unspecified atom stereocenters. The first-order valence-electron chi connectivity index (χ1n) is 9.05. The predicted molar refractivity (Wildman–Crippen MR) is 113 cm³/mol. The van der Waals surface area contributed by atoms with E-state index in [1.54, 1.807) is 0 Å². The molecule has 0 bridgehead atoms. The van der Waals surface area contributed by atoms with Crippen LogP contribution in [0.25, 0.3) is 33.1 Å². The molecule has 2 aromatic heterocycles. The molecule has 0 amide bonds. The number of aromatic nitrogens is 2. The summed E-state index contributed by atoms with van der Waals surface area (Å²) in [7, 11) is 0. The van der Waals surface area contributed by atoms with Gasteiger partial charge in [0, 0.05) is 46.7 Å². The zero-order valence-corrected chi connectivity index (χ0v) is 15.5. The van der Waals surface area contributed by atoms with E-state index in [1.165, 1.54) is 44.2 Å². The molecule has 0 N–H and O–H groups in total. The van der Waals surface area contributed by atoms with E-state index in [1.807, 2.05) is 12.2 Å². The summed E-state index contributed by atoms with van der Waals surface area (Å²) in [6.07, 6.45) is 6.19. The van der Waals surface area contributed by atoms with Crippen LogP contribution in [0.1, 0.15) is 11.1 Å². The zero-order chi connectivity index (χ0) is 18.3. The second-order valence-electron chi connectivity index (χ2n) is 6.89. The van der Waals surface area contributed by atoms with Crippen molar-refractivity contribution < 1.29 is 0 Å². The quantitative estimate of drug-likeness (QED) is 0.380. The summed E-state index contributed by atoms with van der Waals surface area (Å²) in [5.74, 6) is 0. The fourth-order valence-corrected chi connectivity index (χ4v) is 4.00. The van der Waals surface area contributed by atoms with Crippen LogP contribution in [0, 0.1) is 13.8 Å². The molecule has 0 radical (unpaired) electrons. The highest BCUT2D eigenvalue weighted by Crippen LogP contribution is 2.37. The molecular weight excluding hydrogens is 316 g/mol. The van der Waals surface area contributed by atoms with E-state index in [-0.39, 0.29) is 0 Å². The zero-order valence-electron chi connectivity index (χ0n) is 15.5. The monoisotopic (exact) mass is 340 g/mol. The number of rotatable bonds is 5. The molecule has 2 aromatic carbocycles. The van der Waals surface area contributed by atoms with E-state index in [0.717, 1.165) is 13.1 Å². The van der Waals surface area contributed by atoms with E-state index in [9.17, 15) is 0 Å². The van der Waals surface area contributed by atoms with Crippen LogP contribution in [-0.2, 0) is 13.1 Å². The van der Waals surface area contributed by atoms with Gasteiger partial charge in [-0.25, -0.2) is 0 Å². The van der Waals surface area contributed by atoms with Gasteiger partial charge in [-0.2, -0.15) is 0 Å². The number of aryl methyl sites for hydroxylation is 2. The number of allylic oxidation sites excluding steroid dienone is 2. The Labute approximate surface area is 154 Å². The molecule has 26 heavy (non-hydrogen) atoms. The first-order chi connectivity index (χ1) is 12.7. The number of nitrogens with zero attached hydrogens (tertiary/aromatic N) is 2. The maximum absolute atomic E-state index is 3.97. The highest BCUT2D eigenvalue weighted by Gasteiger charge is 2.17. The molecule has 4 aromatic rings. The lowest BCUT2D eigenvalue weighted by Crippen LogP contribution is -1.97. The van der Waals surface area contributed by atoms with Crippen LogP contribution in [0.15, 0.2) is 74.0 Å². The Morgan fingerprint density at radius 2 is 1.58 bits per heavy atom. The van der Waals surface area contributed by atoms with Crippen molar-refractivity contribution in [1.82, 2.24) is 9.13 Å². The van der Waals surface area contributed by atoms with Crippen LogP contribution in [0.5, 0.6) is 0 Å². The molecule has 0 spiro atoms. The molecular formula is C24H24N2. The van der Waals surface area contributed by atoms with Gasteiger partial charge in [0.15, 0.2) is 0 Å². The largest absolute Gasteiger partial charge is 0.343 e. The number of fused-ring (bicyclic) bond motifs is 2. The van der Waals surface area contributed by atoms with Crippen LogP contribution in [0.2, 0.25) is 0 Å². The Kier molecular flexibility index (Phi) is 4.04. The van der Waals surface area contributed by atoms with Crippen molar-refractivity contribution in [3.63, 3.8) is 0 Å². The molecule has 0 atom stereocenters. The van der Waals surface area contributed by atoms with Gasteiger partial charge in [-0.1, -0.05) is 36.4 Å². The van der Waals surface area contributed by atoms with Gasteiger partial charge in [0.1, 0.15) is 0 Å². The van der Waals surface area contributed by atoms with Crippen LogP contribution in [0.3, 0.4) is 0 Å². The smallest absolute Gasteiger partial charge is 0.0516 e. The lowest BCUT2D eigenvalue weighted by atomic mass is 10.0. The van der Waals surface area contributed by atoms with Crippen LogP contribution < -0.4 is 0 Å². The summed E-state index contributed by atoms with van der Waals surface area (Å²) < 4.78 is 4.65. The van der Waals surface area contributed by atoms with Crippen molar-refractivity contribution in [2.75, 3.05) is 0 Å². The van der Waals surface area contributed by atoms with Crippen LogP contribution in [0.4, 0.5) is 0 Å². The summed E-state index contributed by atoms with van der Waals surface area (Å²) in [6.45, 7) is 13.9. The predicted octanol–water partition coefficient (Wildman–Crippen LogP) is 6.25. The van der Waals surface area contributed by atoms with Crippen LogP contribution >= 0.6 is 0 Å². The second kappa shape index (κ2) is 6.38. The third-order valence-electron chi connectivity index (χ3n) is 5.19. The fourth-order valence-electron chi connectivity index (χ4n) is 4.00. The molecule has 2 nitrogen and oxygen atoms in total. The first-order valence-corrected chi connectivity index (χ1v) is 9.05.